The first-order chi connectivity index (χ1) is 9.94. The average molecular weight is 322 g/mol. The summed E-state index contributed by atoms with van der Waals surface area (Å²) < 4.78 is 28.9. The second-order valence-electron chi connectivity index (χ2n) is 4.63. The Bertz CT molecular complexity index is 919. The molecule has 2 aromatic heterocycles. The van der Waals surface area contributed by atoms with Crippen LogP contribution in [0.2, 0.25) is 5.02 Å². The third-order valence-corrected chi connectivity index (χ3v) is 4.54. The fraction of sp³-hybridized carbons (Fsp3) is 0.0714. The molecule has 1 aromatic carbocycles. The summed E-state index contributed by atoms with van der Waals surface area (Å²) in [5, 5.41) is 0.374. The zero-order valence-electron chi connectivity index (χ0n) is 11.1. The van der Waals surface area contributed by atoms with Crippen LogP contribution in [0.15, 0.2) is 53.7 Å². The molecule has 0 aliphatic heterocycles. The highest BCUT2D eigenvalue weighted by atomic mass is 35.5. The van der Waals surface area contributed by atoms with Gasteiger partial charge in [0.2, 0.25) is 0 Å². The van der Waals surface area contributed by atoms with Crippen LogP contribution in [0.4, 0.5) is 5.69 Å². The van der Waals surface area contributed by atoms with E-state index in [1.807, 2.05) is 13.1 Å². The van der Waals surface area contributed by atoms with Crippen molar-refractivity contribution in [1.82, 2.24) is 9.38 Å². The van der Waals surface area contributed by atoms with Crippen molar-refractivity contribution in [2.75, 3.05) is 4.72 Å². The lowest BCUT2D eigenvalue weighted by Crippen LogP contribution is -2.13. The number of aromatic nitrogens is 2. The molecule has 0 aliphatic carbocycles. The van der Waals surface area contributed by atoms with Crippen LogP contribution in [-0.4, -0.2) is 17.8 Å². The second kappa shape index (κ2) is 5.05. The molecule has 108 valence electrons. The summed E-state index contributed by atoms with van der Waals surface area (Å²) in [5.74, 6) is 0. The summed E-state index contributed by atoms with van der Waals surface area (Å²) in [5.41, 5.74) is 2.09. The molecule has 0 atom stereocenters. The van der Waals surface area contributed by atoms with Crippen molar-refractivity contribution < 1.29 is 8.42 Å². The number of fused-ring (bicyclic) bond motifs is 1. The first-order valence-corrected chi connectivity index (χ1v) is 8.04. The number of benzene rings is 1. The van der Waals surface area contributed by atoms with Gasteiger partial charge in [-0.2, -0.15) is 0 Å². The first kappa shape index (κ1) is 13.9. The molecule has 0 saturated carbocycles. The van der Waals surface area contributed by atoms with E-state index in [1.54, 1.807) is 34.9 Å². The van der Waals surface area contributed by atoms with Crippen molar-refractivity contribution in [3.05, 3.63) is 59.5 Å². The first-order valence-electron chi connectivity index (χ1n) is 6.18. The topological polar surface area (TPSA) is 63.5 Å². The monoisotopic (exact) mass is 321 g/mol. The third-order valence-electron chi connectivity index (χ3n) is 2.93. The largest absolute Gasteiger partial charge is 0.305 e. The van der Waals surface area contributed by atoms with Crippen molar-refractivity contribution in [3.63, 3.8) is 0 Å². The van der Waals surface area contributed by atoms with E-state index in [0.29, 0.717) is 10.7 Å². The van der Waals surface area contributed by atoms with Gasteiger partial charge in [0.1, 0.15) is 5.65 Å². The normalized spacial score (nSPS) is 11.7. The number of halogens is 1. The predicted octanol–water partition coefficient (Wildman–Crippen LogP) is 3.10. The van der Waals surface area contributed by atoms with E-state index in [9.17, 15) is 8.42 Å². The standard InChI is InChI=1S/C14H12ClN3O2S/c1-10-8-18-9-12(5-6-14(18)16-10)17-21(19,20)13-4-2-3-11(15)7-13/h2-9,17H,1H3. The molecular formula is C14H12ClN3O2S. The molecular weight excluding hydrogens is 310 g/mol. The lowest BCUT2D eigenvalue weighted by Gasteiger charge is -2.08. The highest BCUT2D eigenvalue weighted by Gasteiger charge is 2.14. The summed E-state index contributed by atoms with van der Waals surface area (Å²) in [6.07, 6.45) is 3.50. The van der Waals surface area contributed by atoms with E-state index in [1.165, 1.54) is 12.1 Å². The van der Waals surface area contributed by atoms with Crippen LogP contribution in [0.5, 0.6) is 0 Å². The number of sulfonamides is 1. The molecule has 0 radical (unpaired) electrons. The van der Waals surface area contributed by atoms with Gasteiger partial charge in [-0.05, 0) is 37.3 Å². The molecule has 1 N–H and O–H groups in total. The minimum Gasteiger partial charge on any atom is -0.305 e. The minimum atomic E-state index is -3.67. The Balaban J connectivity index is 1.96. The summed E-state index contributed by atoms with van der Waals surface area (Å²) >= 11 is 5.83. The summed E-state index contributed by atoms with van der Waals surface area (Å²) in [6, 6.07) is 9.55. The van der Waals surface area contributed by atoms with E-state index in [-0.39, 0.29) is 4.90 Å². The smallest absolute Gasteiger partial charge is 0.261 e. The maximum Gasteiger partial charge on any atom is 0.261 e. The van der Waals surface area contributed by atoms with Gasteiger partial charge in [-0.25, -0.2) is 13.4 Å². The number of rotatable bonds is 3. The van der Waals surface area contributed by atoms with Gasteiger partial charge in [0.25, 0.3) is 10.0 Å². The van der Waals surface area contributed by atoms with Crippen LogP contribution in [0.1, 0.15) is 5.69 Å². The third kappa shape index (κ3) is 2.86. The average Bonchev–Trinajstić information content (AvgIpc) is 2.77. The van der Waals surface area contributed by atoms with Gasteiger partial charge in [-0.1, -0.05) is 17.7 Å². The molecule has 3 rings (SSSR count). The van der Waals surface area contributed by atoms with E-state index < -0.39 is 10.0 Å². The molecule has 5 nitrogen and oxygen atoms in total. The van der Waals surface area contributed by atoms with Crippen LogP contribution in [-0.2, 0) is 10.0 Å². The van der Waals surface area contributed by atoms with Gasteiger partial charge in [-0.15, -0.1) is 0 Å². The molecule has 21 heavy (non-hydrogen) atoms. The van der Waals surface area contributed by atoms with E-state index in [2.05, 4.69) is 9.71 Å². The fourth-order valence-electron chi connectivity index (χ4n) is 2.03. The number of nitrogens with zero attached hydrogens (tertiary/aromatic N) is 2. The van der Waals surface area contributed by atoms with Gasteiger partial charge in [0, 0.05) is 17.4 Å². The number of aryl methyl sites for hydroxylation is 1. The lowest BCUT2D eigenvalue weighted by molar-refractivity contribution is 0.601. The Kier molecular flexibility index (Phi) is 3.35. The molecule has 0 saturated heterocycles. The van der Waals surface area contributed by atoms with Crippen molar-refractivity contribution in [2.24, 2.45) is 0 Å². The Hall–Kier alpha value is -2.05. The Labute approximate surface area is 127 Å². The van der Waals surface area contributed by atoms with Gasteiger partial charge in [-0.3, -0.25) is 4.72 Å². The van der Waals surface area contributed by atoms with E-state index >= 15 is 0 Å². The van der Waals surface area contributed by atoms with Gasteiger partial charge in [0.15, 0.2) is 0 Å². The summed E-state index contributed by atoms with van der Waals surface area (Å²) in [6.45, 7) is 1.88. The number of hydrogen-bond acceptors (Lipinski definition) is 3. The summed E-state index contributed by atoms with van der Waals surface area (Å²) in [7, 11) is -3.67. The lowest BCUT2D eigenvalue weighted by atomic mass is 10.4. The van der Waals surface area contributed by atoms with Crippen LogP contribution < -0.4 is 4.72 Å². The fourth-order valence-corrected chi connectivity index (χ4v) is 3.37. The number of pyridine rings is 1. The number of nitrogens with one attached hydrogen (secondary N) is 1. The van der Waals surface area contributed by atoms with E-state index in [0.717, 1.165) is 11.3 Å². The van der Waals surface area contributed by atoms with Crippen molar-refractivity contribution in [3.8, 4) is 0 Å². The van der Waals surface area contributed by atoms with Crippen LogP contribution >= 0.6 is 11.6 Å². The van der Waals surface area contributed by atoms with Gasteiger partial charge >= 0.3 is 0 Å². The number of anilines is 1. The maximum absolute atomic E-state index is 12.3. The van der Waals surface area contributed by atoms with Crippen molar-refractivity contribution in [2.45, 2.75) is 11.8 Å². The number of hydrogen-bond donors (Lipinski definition) is 1. The van der Waals surface area contributed by atoms with Crippen LogP contribution in [0.25, 0.3) is 5.65 Å². The molecule has 7 heteroatoms. The van der Waals surface area contributed by atoms with Gasteiger partial charge < -0.3 is 4.40 Å². The van der Waals surface area contributed by atoms with Gasteiger partial charge in [0.05, 0.1) is 16.3 Å². The van der Waals surface area contributed by atoms with Crippen molar-refractivity contribution in [1.29, 1.82) is 0 Å². The molecule has 0 bridgehead atoms. The molecule has 3 aromatic rings. The van der Waals surface area contributed by atoms with Crippen molar-refractivity contribution >= 4 is 33.0 Å². The highest BCUT2D eigenvalue weighted by molar-refractivity contribution is 7.92. The zero-order chi connectivity index (χ0) is 15.0. The summed E-state index contributed by atoms with van der Waals surface area (Å²) in [4.78, 5) is 4.41. The predicted molar refractivity (Wildman–Crippen MR) is 82.2 cm³/mol. The Morgan fingerprint density at radius 3 is 2.76 bits per heavy atom. The molecule has 0 fully saturated rings. The molecule has 0 aliphatic rings. The number of imidazole rings is 1. The Morgan fingerprint density at radius 2 is 2.00 bits per heavy atom. The minimum absolute atomic E-state index is 0.122. The molecule has 0 unspecified atom stereocenters. The highest BCUT2D eigenvalue weighted by Crippen LogP contribution is 2.19. The molecule has 0 amide bonds. The Morgan fingerprint density at radius 1 is 1.19 bits per heavy atom. The quantitative estimate of drug-likeness (QED) is 0.806. The van der Waals surface area contributed by atoms with Crippen LogP contribution in [0.3, 0.4) is 0 Å². The SMILES string of the molecule is Cc1cn2cc(NS(=O)(=O)c3cccc(Cl)c3)ccc2n1. The second-order valence-corrected chi connectivity index (χ2v) is 6.75. The molecule has 0 spiro atoms. The van der Waals surface area contributed by atoms with Crippen LogP contribution in [0, 0.1) is 6.92 Å². The molecule has 2 heterocycles. The zero-order valence-corrected chi connectivity index (χ0v) is 12.7. The van der Waals surface area contributed by atoms with E-state index in [4.69, 9.17) is 11.6 Å². The maximum atomic E-state index is 12.3.